The first kappa shape index (κ1) is 7.39. The lowest BCUT2D eigenvalue weighted by Gasteiger charge is -2.15. The van der Waals surface area contributed by atoms with Crippen molar-refractivity contribution < 1.29 is 19.8 Å². The summed E-state index contributed by atoms with van der Waals surface area (Å²) < 4.78 is -0.519. The standard InChI is InChI=1S/C4H9NO3/c1-5(2,8)3-4(6)7/h8H,3H2,1-2H3/p+1. The highest BCUT2D eigenvalue weighted by Gasteiger charge is 2.14. The number of carbonyl (C=O) groups is 1. The highest BCUT2D eigenvalue weighted by molar-refractivity contribution is 5.67. The fourth-order valence-corrected chi connectivity index (χ4v) is 0.331. The third-order valence-corrected chi connectivity index (χ3v) is 0.522. The van der Waals surface area contributed by atoms with Gasteiger partial charge in [0.25, 0.3) is 0 Å². The second-order valence-corrected chi connectivity index (χ2v) is 2.17. The zero-order valence-electron chi connectivity index (χ0n) is 4.96. The lowest BCUT2D eigenvalue weighted by molar-refractivity contribution is -1.07. The van der Waals surface area contributed by atoms with Gasteiger partial charge in [0.15, 0.2) is 0 Å². The number of rotatable bonds is 2. The minimum atomic E-state index is -1.00. The highest BCUT2D eigenvalue weighted by Crippen LogP contribution is 1.85. The van der Waals surface area contributed by atoms with Gasteiger partial charge < -0.3 is 5.11 Å². The molecule has 0 radical (unpaired) electrons. The Morgan fingerprint density at radius 3 is 2.00 bits per heavy atom. The van der Waals surface area contributed by atoms with E-state index in [4.69, 9.17) is 10.3 Å². The molecule has 8 heavy (non-hydrogen) atoms. The normalized spacial score (nSPS) is 11.4. The Hall–Kier alpha value is -0.610. The van der Waals surface area contributed by atoms with E-state index in [0.717, 1.165) is 0 Å². The maximum Gasteiger partial charge on any atom is 0.362 e. The molecular formula is C4H10NO3+. The zero-order chi connectivity index (χ0) is 6.78. The number of hydroxylamine groups is 3. The van der Waals surface area contributed by atoms with E-state index in [1.165, 1.54) is 14.1 Å². The Kier molecular flexibility index (Phi) is 1.94. The molecule has 0 atom stereocenters. The van der Waals surface area contributed by atoms with Crippen LogP contribution in [0.4, 0.5) is 0 Å². The molecule has 0 saturated carbocycles. The topological polar surface area (TPSA) is 57.5 Å². The summed E-state index contributed by atoms with van der Waals surface area (Å²) in [5.41, 5.74) is 0. The van der Waals surface area contributed by atoms with Crippen molar-refractivity contribution in [1.82, 2.24) is 0 Å². The van der Waals surface area contributed by atoms with Gasteiger partial charge in [0.2, 0.25) is 6.54 Å². The summed E-state index contributed by atoms with van der Waals surface area (Å²) in [5.74, 6) is -1.00. The molecule has 0 heterocycles. The van der Waals surface area contributed by atoms with Crippen molar-refractivity contribution >= 4 is 5.97 Å². The maximum absolute atomic E-state index is 9.84. The molecule has 0 aliphatic rings. The van der Waals surface area contributed by atoms with Gasteiger partial charge in [-0.15, -0.1) is 0 Å². The molecule has 2 N–H and O–H groups in total. The lowest BCUT2D eigenvalue weighted by atomic mass is 10.6. The lowest BCUT2D eigenvalue weighted by Crippen LogP contribution is -2.40. The maximum atomic E-state index is 9.84. The van der Waals surface area contributed by atoms with Crippen LogP contribution in [0.25, 0.3) is 0 Å². The largest absolute Gasteiger partial charge is 0.477 e. The Labute approximate surface area is 47.5 Å². The molecule has 0 aromatic carbocycles. The molecular weight excluding hydrogens is 110 g/mol. The number of nitrogens with zero attached hydrogens (tertiary/aromatic N) is 1. The van der Waals surface area contributed by atoms with E-state index < -0.39 is 10.6 Å². The highest BCUT2D eigenvalue weighted by atomic mass is 16.5. The first-order valence-corrected chi connectivity index (χ1v) is 2.19. The molecule has 0 aliphatic heterocycles. The van der Waals surface area contributed by atoms with Gasteiger partial charge in [-0.2, -0.15) is 4.65 Å². The van der Waals surface area contributed by atoms with Crippen molar-refractivity contribution in [1.29, 1.82) is 0 Å². The van der Waals surface area contributed by atoms with Crippen molar-refractivity contribution in [3.8, 4) is 0 Å². The van der Waals surface area contributed by atoms with Crippen molar-refractivity contribution in [2.75, 3.05) is 20.6 Å². The number of aliphatic carboxylic acids is 1. The average molecular weight is 120 g/mol. The monoisotopic (exact) mass is 120 g/mol. The Morgan fingerprint density at radius 2 is 2.00 bits per heavy atom. The third-order valence-electron chi connectivity index (χ3n) is 0.522. The van der Waals surface area contributed by atoms with Crippen molar-refractivity contribution in [2.24, 2.45) is 0 Å². The van der Waals surface area contributed by atoms with Crippen LogP contribution < -0.4 is 0 Å². The number of hydrogen-bond donors (Lipinski definition) is 2. The number of carboxylic acids is 1. The first-order chi connectivity index (χ1) is 3.42. The van der Waals surface area contributed by atoms with E-state index in [2.05, 4.69) is 0 Å². The second-order valence-electron chi connectivity index (χ2n) is 2.17. The number of carboxylic acid groups (broad SMARTS) is 1. The predicted molar refractivity (Wildman–Crippen MR) is 26.4 cm³/mol. The SMILES string of the molecule is C[N+](C)(O)CC(=O)O. The Balaban J connectivity index is 3.55. The smallest absolute Gasteiger partial charge is 0.362 e. The van der Waals surface area contributed by atoms with Gasteiger partial charge >= 0.3 is 5.97 Å². The summed E-state index contributed by atoms with van der Waals surface area (Å²) in [6.45, 7) is -0.264. The Morgan fingerprint density at radius 1 is 1.62 bits per heavy atom. The van der Waals surface area contributed by atoms with Crippen LogP contribution in [0.1, 0.15) is 0 Å². The second kappa shape index (κ2) is 2.11. The molecule has 0 unspecified atom stereocenters. The van der Waals surface area contributed by atoms with Crippen LogP contribution in [0.5, 0.6) is 0 Å². The summed E-state index contributed by atoms with van der Waals surface area (Å²) >= 11 is 0. The van der Waals surface area contributed by atoms with E-state index >= 15 is 0 Å². The van der Waals surface area contributed by atoms with Gasteiger partial charge in [0.05, 0.1) is 14.1 Å². The van der Waals surface area contributed by atoms with Crippen molar-refractivity contribution in [3.05, 3.63) is 0 Å². The van der Waals surface area contributed by atoms with E-state index in [0.29, 0.717) is 0 Å². The number of likely N-dealkylation sites (N-methyl/N-ethyl adjacent to an activating group) is 1. The van der Waals surface area contributed by atoms with E-state index in [-0.39, 0.29) is 6.54 Å². The fourth-order valence-electron chi connectivity index (χ4n) is 0.331. The average Bonchev–Trinajstić information content (AvgIpc) is 1.21. The van der Waals surface area contributed by atoms with Gasteiger partial charge in [-0.3, -0.25) is 0 Å². The van der Waals surface area contributed by atoms with Crippen LogP contribution in [-0.2, 0) is 4.79 Å². The number of hydrogen-bond acceptors (Lipinski definition) is 2. The van der Waals surface area contributed by atoms with Gasteiger partial charge in [0, 0.05) is 0 Å². The summed E-state index contributed by atoms with van der Waals surface area (Å²) in [6.07, 6.45) is 0. The predicted octanol–water partition coefficient (Wildman–Crippen LogP) is -0.463. The third kappa shape index (κ3) is 5.39. The molecule has 48 valence electrons. The summed E-state index contributed by atoms with van der Waals surface area (Å²) in [7, 11) is 2.79. The zero-order valence-corrected chi connectivity index (χ0v) is 4.96. The van der Waals surface area contributed by atoms with E-state index in [9.17, 15) is 4.79 Å². The van der Waals surface area contributed by atoms with Gasteiger partial charge in [-0.25, -0.2) is 10.0 Å². The van der Waals surface area contributed by atoms with Crippen LogP contribution in [0.15, 0.2) is 0 Å². The quantitative estimate of drug-likeness (QED) is 0.383. The molecule has 0 aromatic rings. The fraction of sp³-hybridized carbons (Fsp3) is 0.750. The van der Waals surface area contributed by atoms with Crippen molar-refractivity contribution in [2.45, 2.75) is 0 Å². The summed E-state index contributed by atoms with van der Waals surface area (Å²) in [4.78, 5) is 9.84. The molecule has 0 bridgehead atoms. The van der Waals surface area contributed by atoms with Crippen LogP contribution in [0.3, 0.4) is 0 Å². The summed E-state index contributed by atoms with van der Waals surface area (Å²) in [6, 6.07) is 0. The molecule has 4 heteroatoms. The van der Waals surface area contributed by atoms with Crippen LogP contribution >= 0.6 is 0 Å². The molecule has 0 spiro atoms. The molecule has 0 saturated heterocycles. The van der Waals surface area contributed by atoms with Crippen LogP contribution in [0, 0.1) is 0 Å². The minimum absolute atomic E-state index is 0.264. The summed E-state index contributed by atoms with van der Waals surface area (Å²) in [5, 5.41) is 16.8. The van der Waals surface area contributed by atoms with Crippen molar-refractivity contribution in [3.63, 3.8) is 0 Å². The van der Waals surface area contributed by atoms with Crippen LogP contribution in [0.2, 0.25) is 0 Å². The molecule has 0 amide bonds. The minimum Gasteiger partial charge on any atom is -0.477 e. The molecule has 0 fully saturated rings. The molecule has 4 nitrogen and oxygen atoms in total. The van der Waals surface area contributed by atoms with E-state index in [1.54, 1.807) is 0 Å². The Bertz CT molecular complexity index is 93.9. The van der Waals surface area contributed by atoms with Crippen LogP contribution in [-0.4, -0.2) is 41.6 Å². The molecule has 0 rings (SSSR count). The van der Waals surface area contributed by atoms with Gasteiger partial charge in [-0.05, 0) is 0 Å². The first-order valence-electron chi connectivity index (χ1n) is 2.19. The molecule has 0 aromatic heterocycles. The van der Waals surface area contributed by atoms with Gasteiger partial charge in [0.1, 0.15) is 0 Å². The van der Waals surface area contributed by atoms with E-state index in [1.807, 2.05) is 0 Å². The number of quaternary nitrogens is 1. The van der Waals surface area contributed by atoms with Gasteiger partial charge in [-0.1, -0.05) is 0 Å². The molecule has 0 aliphatic carbocycles.